The van der Waals surface area contributed by atoms with Gasteiger partial charge in [-0.3, -0.25) is 4.79 Å². The van der Waals surface area contributed by atoms with E-state index in [-0.39, 0.29) is 5.97 Å². The van der Waals surface area contributed by atoms with Gasteiger partial charge in [0.25, 0.3) is 0 Å². The van der Waals surface area contributed by atoms with Crippen LogP contribution in [0.25, 0.3) is 5.65 Å². The van der Waals surface area contributed by atoms with Crippen molar-refractivity contribution in [1.29, 1.82) is 0 Å². The zero-order valence-electron chi connectivity index (χ0n) is 10.6. The molecule has 7 heteroatoms. The number of thiophene rings is 1. The maximum absolute atomic E-state index is 12.0. The topological polar surface area (TPSA) is 56.5 Å². The van der Waals surface area contributed by atoms with Crippen LogP contribution in [0.1, 0.15) is 10.8 Å². The van der Waals surface area contributed by atoms with Gasteiger partial charge in [0.15, 0.2) is 5.65 Å². The third-order valence-electron chi connectivity index (χ3n) is 2.77. The minimum absolute atomic E-state index is 0.288. The van der Waals surface area contributed by atoms with Gasteiger partial charge in [-0.05, 0) is 22.4 Å². The maximum atomic E-state index is 12.0. The summed E-state index contributed by atoms with van der Waals surface area (Å²) >= 11 is 2.90. The summed E-state index contributed by atoms with van der Waals surface area (Å²) in [5, 5.41) is 4.16. The van der Waals surface area contributed by atoms with Crippen molar-refractivity contribution in [3.05, 3.63) is 47.2 Å². The number of aromatic nitrogens is 3. The summed E-state index contributed by atoms with van der Waals surface area (Å²) < 4.78 is 6.76. The van der Waals surface area contributed by atoms with E-state index in [1.807, 2.05) is 33.6 Å². The summed E-state index contributed by atoms with van der Waals surface area (Å²) in [6.07, 6.45) is 7.07. The Bertz CT molecular complexity index is 724. The number of thioether (sulfide) groups is 1. The van der Waals surface area contributed by atoms with Gasteiger partial charge in [-0.25, -0.2) is 9.97 Å². The number of carbonyl (C=O) groups excluding carboxylic acids is 1. The van der Waals surface area contributed by atoms with E-state index in [4.69, 9.17) is 4.74 Å². The number of ether oxygens (including phenoxy) is 1. The average molecular weight is 305 g/mol. The molecule has 3 heterocycles. The fourth-order valence-corrected chi connectivity index (χ4v) is 3.66. The quantitative estimate of drug-likeness (QED) is 0.548. The van der Waals surface area contributed by atoms with Gasteiger partial charge in [0.05, 0.1) is 7.11 Å². The Morgan fingerprint density at radius 1 is 1.40 bits per heavy atom. The highest BCUT2D eigenvalue weighted by Crippen LogP contribution is 2.37. The van der Waals surface area contributed by atoms with Gasteiger partial charge in [-0.1, -0.05) is 11.8 Å². The molecule has 3 aromatic rings. The molecule has 0 radical (unpaired) electrons. The summed E-state index contributed by atoms with van der Waals surface area (Å²) in [4.78, 5) is 20.6. The number of rotatable bonds is 4. The van der Waals surface area contributed by atoms with Crippen LogP contribution in [0.5, 0.6) is 0 Å². The molecule has 3 aromatic heterocycles. The van der Waals surface area contributed by atoms with Crippen LogP contribution in [0.2, 0.25) is 0 Å². The molecule has 0 saturated carbocycles. The predicted molar refractivity (Wildman–Crippen MR) is 77.9 cm³/mol. The second-order valence-corrected chi connectivity index (χ2v) is 5.84. The molecule has 0 aliphatic rings. The zero-order chi connectivity index (χ0) is 13.9. The summed E-state index contributed by atoms with van der Waals surface area (Å²) in [5.41, 5.74) is 1.66. The molecular formula is C13H11N3O2S2. The largest absolute Gasteiger partial charge is 0.468 e. The highest BCUT2D eigenvalue weighted by atomic mass is 32.2. The van der Waals surface area contributed by atoms with Crippen LogP contribution < -0.4 is 0 Å². The molecule has 0 N–H and O–H groups in total. The van der Waals surface area contributed by atoms with Crippen LogP contribution in [0.3, 0.4) is 0 Å². The summed E-state index contributed by atoms with van der Waals surface area (Å²) in [6, 6.07) is 1.92. The molecule has 0 aliphatic heterocycles. The van der Waals surface area contributed by atoms with Crippen molar-refractivity contribution < 1.29 is 9.53 Å². The minimum Gasteiger partial charge on any atom is -0.468 e. The molecule has 0 bridgehead atoms. The minimum atomic E-state index is -0.429. The number of hydrogen-bond donors (Lipinski definition) is 0. The van der Waals surface area contributed by atoms with E-state index in [0.717, 1.165) is 11.2 Å². The lowest BCUT2D eigenvalue weighted by Crippen LogP contribution is -2.11. The Kier molecular flexibility index (Phi) is 3.70. The third kappa shape index (κ3) is 2.41. The van der Waals surface area contributed by atoms with Crippen LogP contribution in [0, 0.1) is 0 Å². The predicted octanol–water partition coefficient (Wildman–Crippen LogP) is 2.80. The third-order valence-corrected chi connectivity index (χ3v) is 4.68. The van der Waals surface area contributed by atoms with Gasteiger partial charge in [-0.2, -0.15) is 11.3 Å². The summed E-state index contributed by atoms with van der Waals surface area (Å²) in [5.74, 6) is -0.288. The summed E-state index contributed by atoms with van der Waals surface area (Å²) in [7, 11) is 1.39. The second-order valence-electron chi connectivity index (χ2n) is 3.97. The molecular weight excluding hydrogens is 294 g/mol. The molecule has 102 valence electrons. The first-order valence-electron chi connectivity index (χ1n) is 5.84. The van der Waals surface area contributed by atoms with Crippen LogP contribution >= 0.6 is 23.1 Å². The lowest BCUT2D eigenvalue weighted by molar-refractivity contribution is -0.140. The highest BCUT2D eigenvalue weighted by molar-refractivity contribution is 8.00. The number of hydrogen-bond acceptors (Lipinski definition) is 6. The molecule has 5 nitrogen and oxygen atoms in total. The van der Waals surface area contributed by atoms with Crippen molar-refractivity contribution in [2.45, 2.75) is 10.3 Å². The number of carbonyl (C=O) groups is 1. The van der Waals surface area contributed by atoms with Gasteiger partial charge >= 0.3 is 5.97 Å². The number of nitrogens with zero attached hydrogens (tertiary/aromatic N) is 3. The SMILES string of the molecule is COC(=O)[C@H](Sc1nccn2ccnc12)c1ccsc1. The fraction of sp³-hybridized carbons (Fsp3) is 0.154. The van der Waals surface area contributed by atoms with Crippen molar-refractivity contribution in [3.63, 3.8) is 0 Å². The van der Waals surface area contributed by atoms with E-state index in [1.54, 1.807) is 23.7 Å². The number of fused-ring (bicyclic) bond motifs is 1. The molecule has 0 aliphatic carbocycles. The lowest BCUT2D eigenvalue weighted by atomic mass is 10.2. The fourth-order valence-electron chi connectivity index (χ4n) is 1.81. The van der Waals surface area contributed by atoms with Crippen LogP contribution in [-0.2, 0) is 9.53 Å². The van der Waals surface area contributed by atoms with Crippen molar-refractivity contribution >= 4 is 34.7 Å². The molecule has 0 aromatic carbocycles. The smallest absolute Gasteiger partial charge is 0.323 e. The van der Waals surface area contributed by atoms with Crippen LogP contribution in [0.4, 0.5) is 0 Å². The molecule has 0 amide bonds. The zero-order valence-corrected chi connectivity index (χ0v) is 12.2. The first-order chi connectivity index (χ1) is 9.79. The Balaban J connectivity index is 1.97. The first kappa shape index (κ1) is 13.1. The van der Waals surface area contributed by atoms with Gasteiger partial charge < -0.3 is 9.14 Å². The Morgan fingerprint density at radius 2 is 2.20 bits per heavy atom. The van der Waals surface area contributed by atoms with Crippen molar-refractivity contribution in [1.82, 2.24) is 14.4 Å². The number of imidazole rings is 1. The molecule has 20 heavy (non-hydrogen) atoms. The van der Waals surface area contributed by atoms with Crippen molar-refractivity contribution in [2.24, 2.45) is 0 Å². The first-order valence-corrected chi connectivity index (χ1v) is 7.66. The van der Waals surface area contributed by atoms with Crippen molar-refractivity contribution in [3.8, 4) is 0 Å². The molecule has 0 spiro atoms. The molecule has 3 rings (SSSR count). The summed E-state index contributed by atoms with van der Waals surface area (Å²) in [6.45, 7) is 0. The number of methoxy groups -OCH3 is 1. The lowest BCUT2D eigenvalue weighted by Gasteiger charge is -2.12. The van der Waals surface area contributed by atoms with Crippen molar-refractivity contribution in [2.75, 3.05) is 7.11 Å². The van der Waals surface area contributed by atoms with Gasteiger partial charge in [-0.15, -0.1) is 0 Å². The Morgan fingerprint density at radius 3 is 2.90 bits per heavy atom. The number of esters is 1. The molecule has 0 saturated heterocycles. The van der Waals surface area contributed by atoms with Gasteiger partial charge in [0.1, 0.15) is 10.3 Å². The standard InChI is InChI=1S/C13H11N3O2S2/c1-18-13(17)10(9-2-7-19-8-9)20-12-11-14-3-5-16(11)6-4-15-12/h2-8,10H,1H3/t10-/m1/s1. The van der Waals surface area contributed by atoms with E-state index < -0.39 is 5.25 Å². The second kappa shape index (κ2) is 5.64. The molecule has 0 fully saturated rings. The van der Waals surface area contributed by atoms with E-state index in [2.05, 4.69) is 9.97 Å². The van der Waals surface area contributed by atoms with E-state index in [9.17, 15) is 4.79 Å². The van der Waals surface area contributed by atoms with Crippen LogP contribution in [0.15, 0.2) is 46.6 Å². The monoisotopic (exact) mass is 305 g/mol. The maximum Gasteiger partial charge on any atom is 0.323 e. The van der Waals surface area contributed by atoms with E-state index in [0.29, 0.717) is 5.03 Å². The Labute approximate surface area is 123 Å². The van der Waals surface area contributed by atoms with Gasteiger partial charge in [0, 0.05) is 24.8 Å². The Hall–Kier alpha value is -1.86. The molecule has 1 atom stereocenters. The van der Waals surface area contributed by atoms with E-state index in [1.165, 1.54) is 18.9 Å². The van der Waals surface area contributed by atoms with Gasteiger partial charge in [0.2, 0.25) is 0 Å². The van der Waals surface area contributed by atoms with Crippen LogP contribution in [-0.4, -0.2) is 27.4 Å². The van der Waals surface area contributed by atoms with E-state index >= 15 is 0 Å². The average Bonchev–Trinajstić information content (AvgIpc) is 3.14. The normalized spacial score (nSPS) is 12.4. The highest BCUT2D eigenvalue weighted by Gasteiger charge is 2.25. The molecule has 0 unspecified atom stereocenters.